The molecule has 0 aliphatic carbocycles. The smallest absolute Gasteiger partial charge is 0.409 e. The van der Waals surface area contributed by atoms with Crippen molar-refractivity contribution in [3.05, 3.63) is 35.5 Å². The van der Waals surface area contributed by atoms with Crippen LogP contribution in [0.15, 0.2) is 24.3 Å². The molecule has 3 heterocycles. The number of aromatic nitrogens is 2. The topological polar surface area (TPSA) is 89.1 Å². The normalized spacial score (nSPS) is 15.4. The van der Waals surface area contributed by atoms with Crippen molar-refractivity contribution in [2.45, 2.75) is 20.4 Å². The molecule has 0 radical (unpaired) electrons. The van der Waals surface area contributed by atoms with Crippen molar-refractivity contribution in [3.8, 4) is 11.5 Å². The van der Waals surface area contributed by atoms with Gasteiger partial charge in [0, 0.05) is 44.5 Å². The van der Waals surface area contributed by atoms with Crippen LogP contribution in [0.25, 0.3) is 0 Å². The Bertz CT molecular complexity index is 883. The second kappa shape index (κ2) is 8.42. The second-order valence-electron chi connectivity index (χ2n) is 6.91. The molecular formula is C20H25N5O4. The SMILES string of the molecule is CCOC(=O)N1CCN(c2nc(C)cc(NCc3ccc4c(c3)OCO4)n2)CC1. The van der Waals surface area contributed by atoms with Gasteiger partial charge in [-0.1, -0.05) is 6.07 Å². The van der Waals surface area contributed by atoms with Crippen LogP contribution in [0.3, 0.4) is 0 Å². The first-order valence-corrected chi connectivity index (χ1v) is 9.77. The standard InChI is InChI=1S/C20H25N5O4/c1-3-27-20(26)25-8-6-24(7-9-25)19-22-14(2)10-18(23-19)21-12-15-4-5-16-17(11-15)29-13-28-16/h4-5,10-11H,3,6-9,12-13H2,1-2H3,(H,21,22,23). The van der Waals surface area contributed by atoms with Gasteiger partial charge in [-0.25, -0.2) is 9.78 Å². The first kappa shape index (κ1) is 19.1. The lowest BCUT2D eigenvalue weighted by Crippen LogP contribution is -2.49. The molecule has 2 aliphatic heterocycles. The van der Waals surface area contributed by atoms with Gasteiger partial charge in [-0.05, 0) is 31.5 Å². The monoisotopic (exact) mass is 399 g/mol. The summed E-state index contributed by atoms with van der Waals surface area (Å²) in [5.41, 5.74) is 1.96. The van der Waals surface area contributed by atoms with Crippen LogP contribution in [0.4, 0.5) is 16.6 Å². The maximum Gasteiger partial charge on any atom is 0.409 e. The summed E-state index contributed by atoms with van der Waals surface area (Å²) in [6, 6.07) is 7.81. The van der Waals surface area contributed by atoms with Gasteiger partial charge in [0.1, 0.15) is 5.82 Å². The molecule has 2 aliphatic rings. The summed E-state index contributed by atoms with van der Waals surface area (Å²) in [6.45, 7) is 7.56. The van der Waals surface area contributed by atoms with Crippen molar-refractivity contribution in [1.29, 1.82) is 0 Å². The van der Waals surface area contributed by atoms with Gasteiger partial charge in [0.15, 0.2) is 11.5 Å². The van der Waals surface area contributed by atoms with Crippen molar-refractivity contribution in [2.24, 2.45) is 0 Å². The zero-order chi connectivity index (χ0) is 20.2. The lowest BCUT2D eigenvalue weighted by Gasteiger charge is -2.34. The molecule has 0 atom stereocenters. The number of anilines is 2. The molecule has 0 spiro atoms. The van der Waals surface area contributed by atoms with Gasteiger partial charge in [0.05, 0.1) is 6.61 Å². The van der Waals surface area contributed by atoms with Crippen molar-refractivity contribution in [3.63, 3.8) is 0 Å². The van der Waals surface area contributed by atoms with Gasteiger partial charge in [0.25, 0.3) is 0 Å². The van der Waals surface area contributed by atoms with Crippen LogP contribution in [-0.4, -0.2) is 60.5 Å². The Morgan fingerprint density at radius 1 is 1.14 bits per heavy atom. The average Bonchev–Trinajstić information content (AvgIpc) is 3.20. The minimum atomic E-state index is -0.261. The van der Waals surface area contributed by atoms with E-state index in [1.807, 2.05) is 38.1 Å². The summed E-state index contributed by atoms with van der Waals surface area (Å²) in [4.78, 5) is 24.9. The Hall–Kier alpha value is -3.23. The van der Waals surface area contributed by atoms with Gasteiger partial charge in [-0.2, -0.15) is 4.98 Å². The van der Waals surface area contributed by atoms with E-state index >= 15 is 0 Å². The van der Waals surface area contributed by atoms with E-state index in [9.17, 15) is 4.79 Å². The summed E-state index contributed by atoms with van der Waals surface area (Å²) in [5, 5.41) is 3.36. The van der Waals surface area contributed by atoms with Crippen LogP contribution in [0, 0.1) is 6.92 Å². The lowest BCUT2D eigenvalue weighted by atomic mass is 10.2. The molecule has 1 aromatic carbocycles. The van der Waals surface area contributed by atoms with E-state index in [2.05, 4.69) is 20.2 Å². The molecule has 1 fully saturated rings. The van der Waals surface area contributed by atoms with Crippen LogP contribution in [0.5, 0.6) is 11.5 Å². The van der Waals surface area contributed by atoms with Gasteiger partial charge in [0.2, 0.25) is 12.7 Å². The number of hydrogen-bond donors (Lipinski definition) is 1. The van der Waals surface area contributed by atoms with Crippen LogP contribution >= 0.6 is 0 Å². The first-order chi connectivity index (χ1) is 14.1. The quantitative estimate of drug-likeness (QED) is 0.820. The number of carbonyl (C=O) groups is 1. The number of ether oxygens (including phenoxy) is 3. The minimum absolute atomic E-state index is 0.261. The number of rotatable bonds is 5. The molecule has 0 bridgehead atoms. The van der Waals surface area contributed by atoms with E-state index in [1.54, 1.807) is 4.90 Å². The Labute approximate surface area is 169 Å². The molecular weight excluding hydrogens is 374 g/mol. The Morgan fingerprint density at radius 3 is 2.72 bits per heavy atom. The Kier molecular flexibility index (Phi) is 5.55. The molecule has 2 aromatic rings. The highest BCUT2D eigenvalue weighted by Crippen LogP contribution is 2.32. The van der Waals surface area contributed by atoms with Crippen molar-refractivity contribution in [1.82, 2.24) is 14.9 Å². The molecule has 4 rings (SSSR count). The van der Waals surface area contributed by atoms with Gasteiger partial charge >= 0.3 is 6.09 Å². The fraction of sp³-hybridized carbons (Fsp3) is 0.450. The van der Waals surface area contributed by atoms with E-state index in [1.165, 1.54) is 0 Å². The molecule has 0 saturated carbocycles. The van der Waals surface area contributed by atoms with E-state index in [-0.39, 0.29) is 12.9 Å². The molecule has 29 heavy (non-hydrogen) atoms. The molecule has 1 amide bonds. The van der Waals surface area contributed by atoms with Crippen LogP contribution in [-0.2, 0) is 11.3 Å². The fourth-order valence-corrected chi connectivity index (χ4v) is 3.33. The Balaban J connectivity index is 1.38. The number of fused-ring (bicyclic) bond motifs is 1. The van der Waals surface area contributed by atoms with Crippen LogP contribution < -0.4 is 19.7 Å². The zero-order valence-electron chi connectivity index (χ0n) is 16.7. The van der Waals surface area contributed by atoms with Gasteiger partial charge in [-0.15, -0.1) is 0 Å². The molecule has 1 aromatic heterocycles. The summed E-state index contributed by atoms with van der Waals surface area (Å²) in [5.74, 6) is 2.97. The Morgan fingerprint density at radius 2 is 1.93 bits per heavy atom. The number of hydrogen-bond acceptors (Lipinski definition) is 8. The van der Waals surface area contributed by atoms with E-state index in [0.717, 1.165) is 28.6 Å². The molecule has 1 saturated heterocycles. The lowest BCUT2D eigenvalue weighted by molar-refractivity contribution is 0.105. The maximum absolute atomic E-state index is 11.9. The fourth-order valence-electron chi connectivity index (χ4n) is 3.33. The molecule has 154 valence electrons. The van der Waals surface area contributed by atoms with E-state index in [0.29, 0.717) is 45.3 Å². The second-order valence-corrected chi connectivity index (χ2v) is 6.91. The van der Waals surface area contributed by atoms with Crippen molar-refractivity contribution >= 4 is 17.9 Å². The summed E-state index contributed by atoms with van der Waals surface area (Å²) >= 11 is 0. The minimum Gasteiger partial charge on any atom is -0.454 e. The predicted molar refractivity (Wildman–Crippen MR) is 107 cm³/mol. The zero-order valence-corrected chi connectivity index (χ0v) is 16.7. The number of carbonyl (C=O) groups excluding carboxylic acids is 1. The molecule has 0 unspecified atom stereocenters. The van der Waals surface area contributed by atoms with Gasteiger partial charge in [-0.3, -0.25) is 0 Å². The number of nitrogens with zero attached hydrogens (tertiary/aromatic N) is 4. The predicted octanol–water partition coefficient (Wildman–Crippen LogP) is 2.40. The third-order valence-corrected chi connectivity index (χ3v) is 4.84. The maximum atomic E-state index is 11.9. The third-order valence-electron chi connectivity index (χ3n) is 4.84. The average molecular weight is 399 g/mol. The number of benzene rings is 1. The number of aryl methyl sites for hydroxylation is 1. The summed E-state index contributed by atoms with van der Waals surface area (Å²) < 4.78 is 15.9. The highest BCUT2D eigenvalue weighted by Gasteiger charge is 2.23. The molecule has 9 nitrogen and oxygen atoms in total. The first-order valence-electron chi connectivity index (χ1n) is 9.77. The molecule has 9 heteroatoms. The van der Waals surface area contributed by atoms with Crippen molar-refractivity contribution < 1.29 is 19.0 Å². The highest BCUT2D eigenvalue weighted by molar-refractivity contribution is 5.68. The highest BCUT2D eigenvalue weighted by atomic mass is 16.7. The number of amides is 1. The van der Waals surface area contributed by atoms with Crippen molar-refractivity contribution in [2.75, 3.05) is 49.8 Å². The molecule has 1 N–H and O–H groups in total. The third kappa shape index (κ3) is 4.44. The largest absolute Gasteiger partial charge is 0.454 e. The van der Waals surface area contributed by atoms with Gasteiger partial charge < -0.3 is 29.3 Å². The van der Waals surface area contributed by atoms with Crippen LogP contribution in [0.2, 0.25) is 0 Å². The number of piperazine rings is 1. The summed E-state index contributed by atoms with van der Waals surface area (Å²) in [7, 11) is 0. The van der Waals surface area contributed by atoms with E-state index < -0.39 is 0 Å². The van der Waals surface area contributed by atoms with E-state index in [4.69, 9.17) is 14.2 Å². The summed E-state index contributed by atoms with van der Waals surface area (Å²) in [6.07, 6.45) is -0.261. The van der Waals surface area contributed by atoms with Crippen LogP contribution in [0.1, 0.15) is 18.2 Å². The number of nitrogens with one attached hydrogen (secondary N) is 1.